The predicted molar refractivity (Wildman–Crippen MR) is 78.2 cm³/mol. The van der Waals surface area contributed by atoms with Crippen molar-refractivity contribution in [3.8, 4) is 0 Å². The number of sulfonamides is 1. The van der Waals surface area contributed by atoms with Crippen LogP contribution in [-0.2, 0) is 14.8 Å². The van der Waals surface area contributed by atoms with Gasteiger partial charge in [0, 0.05) is 13.7 Å². The number of benzene rings is 1. The van der Waals surface area contributed by atoms with Crippen molar-refractivity contribution in [1.29, 1.82) is 0 Å². The van der Waals surface area contributed by atoms with Gasteiger partial charge < -0.3 is 10.1 Å². The lowest BCUT2D eigenvalue weighted by Crippen LogP contribution is -2.52. The molecule has 0 saturated carbocycles. The zero-order chi connectivity index (χ0) is 15.5. The highest BCUT2D eigenvalue weighted by Gasteiger charge is 2.35. The molecule has 5 nitrogen and oxygen atoms in total. The first-order valence-corrected chi connectivity index (χ1v) is 8.37. The van der Waals surface area contributed by atoms with Crippen LogP contribution in [0.1, 0.15) is 18.4 Å². The molecule has 1 fully saturated rings. The average Bonchev–Trinajstić information content (AvgIpc) is 2.86. The maximum absolute atomic E-state index is 13.1. The van der Waals surface area contributed by atoms with Gasteiger partial charge in [0.15, 0.2) is 0 Å². The molecule has 7 heteroatoms. The van der Waals surface area contributed by atoms with E-state index in [9.17, 15) is 12.8 Å². The summed E-state index contributed by atoms with van der Waals surface area (Å²) in [5, 5.41) is 3.31. The normalized spacial score (nSPS) is 22.6. The van der Waals surface area contributed by atoms with Crippen molar-refractivity contribution in [2.45, 2.75) is 30.2 Å². The summed E-state index contributed by atoms with van der Waals surface area (Å²) < 4.78 is 45.6. The maximum atomic E-state index is 13.1. The van der Waals surface area contributed by atoms with Gasteiger partial charge >= 0.3 is 0 Å². The molecular weight excluding hydrogens is 295 g/mol. The average molecular weight is 316 g/mol. The molecule has 1 aliphatic rings. The summed E-state index contributed by atoms with van der Waals surface area (Å²) in [6.45, 7) is 3.12. The van der Waals surface area contributed by atoms with Crippen molar-refractivity contribution in [1.82, 2.24) is 10.0 Å². The largest absolute Gasteiger partial charge is 0.383 e. The Balaban J connectivity index is 2.14. The van der Waals surface area contributed by atoms with E-state index in [0.29, 0.717) is 12.2 Å². The molecule has 0 amide bonds. The van der Waals surface area contributed by atoms with Crippen LogP contribution >= 0.6 is 0 Å². The third-order valence-electron chi connectivity index (χ3n) is 3.78. The highest BCUT2D eigenvalue weighted by atomic mass is 32.2. The van der Waals surface area contributed by atoms with Crippen molar-refractivity contribution in [2.24, 2.45) is 0 Å². The fourth-order valence-electron chi connectivity index (χ4n) is 2.70. The van der Waals surface area contributed by atoms with E-state index >= 15 is 0 Å². The third kappa shape index (κ3) is 3.79. The molecule has 0 bridgehead atoms. The smallest absolute Gasteiger partial charge is 0.240 e. The van der Waals surface area contributed by atoms with E-state index in [0.717, 1.165) is 25.5 Å². The van der Waals surface area contributed by atoms with Gasteiger partial charge in [-0.15, -0.1) is 0 Å². The Hall–Kier alpha value is -1.02. The summed E-state index contributed by atoms with van der Waals surface area (Å²) in [4.78, 5) is 0.106. The Bertz CT molecular complexity index is 598. The number of aryl methyl sites for hydroxylation is 1. The van der Waals surface area contributed by atoms with Crippen LogP contribution in [0.2, 0.25) is 0 Å². The van der Waals surface area contributed by atoms with E-state index in [2.05, 4.69) is 10.0 Å². The highest BCUT2D eigenvalue weighted by Crippen LogP contribution is 2.21. The molecule has 2 rings (SSSR count). The highest BCUT2D eigenvalue weighted by molar-refractivity contribution is 7.89. The van der Waals surface area contributed by atoms with E-state index < -0.39 is 15.8 Å². The monoisotopic (exact) mass is 316 g/mol. The second-order valence-corrected chi connectivity index (χ2v) is 7.21. The molecule has 0 aliphatic carbocycles. The minimum Gasteiger partial charge on any atom is -0.383 e. The first kappa shape index (κ1) is 16.4. The molecule has 1 unspecified atom stereocenters. The lowest BCUT2D eigenvalue weighted by atomic mass is 9.99. The van der Waals surface area contributed by atoms with Crippen molar-refractivity contribution < 1.29 is 17.5 Å². The summed E-state index contributed by atoms with van der Waals surface area (Å²) in [7, 11) is -2.07. The van der Waals surface area contributed by atoms with Crippen LogP contribution in [0.5, 0.6) is 0 Å². The van der Waals surface area contributed by atoms with Gasteiger partial charge in [-0.2, -0.15) is 0 Å². The summed E-state index contributed by atoms with van der Waals surface area (Å²) in [5.74, 6) is -0.445. The first-order valence-electron chi connectivity index (χ1n) is 6.88. The number of nitrogens with one attached hydrogen (secondary N) is 2. The van der Waals surface area contributed by atoms with Gasteiger partial charge in [0.2, 0.25) is 10.0 Å². The lowest BCUT2D eigenvalue weighted by molar-refractivity contribution is 0.122. The van der Waals surface area contributed by atoms with E-state index in [1.807, 2.05) is 0 Å². The van der Waals surface area contributed by atoms with Crippen LogP contribution in [0, 0.1) is 12.7 Å². The number of methoxy groups -OCH3 is 1. The molecule has 21 heavy (non-hydrogen) atoms. The molecule has 1 saturated heterocycles. The SMILES string of the molecule is COCC1(CNS(=O)(=O)c2ccc(F)cc2C)CCCN1. The van der Waals surface area contributed by atoms with Crippen LogP contribution in [0.25, 0.3) is 0 Å². The van der Waals surface area contributed by atoms with Crippen LogP contribution in [0.3, 0.4) is 0 Å². The molecule has 0 aromatic heterocycles. The van der Waals surface area contributed by atoms with Gasteiger partial charge in [-0.25, -0.2) is 17.5 Å². The molecule has 1 aromatic carbocycles. The van der Waals surface area contributed by atoms with Gasteiger partial charge in [0.1, 0.15) is 5.82 Å². The lowest BCUT2D eigenvalue weighted by Gasteiger charge is -2.29. The second-order valence-electron chi connectivity index (χ2n) is 5.48. The molecule has 1 heterocycles. The van der Waals surface area contributed by atoms with E-state index in [1.165, 1.54) is 12.1 Å². The zero-order valence-electron chi connectivity index (χ0n) is 12.3. The third-order valence-corrected chi connectivity index (χ3v) is 5.34. The first-order chi connectivity index (χ1) is 9.88. The van der Waals surface area contributed by atoms with Gasteiger partial charge in [0.25, 0.3) is 0 Å². The number of rotatable bonds is 6. The molecule has 118 valence electrons. The number of ether oxygens (including phenoxy) is 1. The van der Waals surface area contributed by atoms with E-state index in [-0.39, 0.29) is 17.0 Å². The molecule has 1 aromatic rings. The van der Waals surface area contributed by atoms with E-state index in [1.54, 1.807) is 14.0 Å². The Morgan fingerprint density at radius 3 is 2.81 bits per heavy atom. The summed E-state index contributed by atoms with van der Waals surface area (Å²) in [5.41, 5.74) is 0.0260. The minimum absolute atomic E-state index is 0.106. The number of hydrogen-bond donors (Lipinski definition) is 2. The van der Waals surface area contributed by atoms with Crippen LogP contribution in [0.15, 0.2) is 23.1 Å². The maximum Gasteiger partial charge on any atom is 0.240 e. The second kappa shape index (κ2) is 6.39. The fraction of sp³-hybridized carbons (Fsp3) is 0.571. The molecule has 2 N–H and O–H groups in total. The minimum atomic E-state index is -3.66. The van der Waals surface area contributed by atoms with Crippen molar-refractivity contribution in [3.05, 3.63) is 29.6 Å². The summed E-state index contributed by atoms with van der Waals surface area (Å²) in [6.07, 6.45) is 1.84. The van der Waals surface area contributed by atoms with Crippen LogP contribution < -0.4 is 10.0 Å². The Labute approximate surface area is 124 Å². The zero-order valence-corrected chi connectivity index (χ0v) is 13.1. The van der Waals surface area contributed by atoms with Gasteiger partial charge in [-0.05, 0) is 50.1 Å². The molecule has 0 spiro atoms. The van der Waals surface area contributed by atoms with Crippen LogP contribution in [-0.4, -0.2) is 40.8 Å². The van der Waals surface area contributed by atoms with Crippen molar-refractivity contribution >= 4 is 10.0 Å². The number of hydrogen-bond acceptors (Lipinski definition) is 4. The van der Waals surface area contributed by atoms with Gasteiger partial charge in [-0.3, -0.25) is 0 Å². The molecule has 1 atom stereocenters. The molecule has 0 radical (unpaired) electrons. The molecule has 1 aliphatic heterocycles. The van der Waals surface area contributed by atoms with Crippen molar-refractivity contribution in [2.75, 3.05) is 26.8 Å². The quantitative estimate of drug-likeness (QED) is 0.827. The molecular formula is C14H21FN2O3S. The fourth-order valence-corrected chi connectivity index (χ4v) is 4.05. The topological polar surface area (TPSA) is 67.4 Å². The van der Waals surface area contributed by atoms with Crippen molar-refractivity contribution in [3.63, 3.8) is 0 Å². The van der Waals surface area contributed by atoms with Crippen LogP contribution in [0.4, 0.5) is 4.39 Å². The Morgan fingerprint density at radius 2 is 2.24 bits per heavy atom. The Kier molecular flexibility index (Phi) is 4.98. The van der Waals surface area contributed by atoms with E-state index in [4.69, 9.17) is 4.74 Å². The summed E-state index contributed by atoms with van der Waals surface area (Å²) >= 11 is 0. The standard InChI is InChI=1S/C14H21FN2O3S/c1-11-8-12(15)4-5-13(11)21(18,19)17-9-14(10-20-2)6-3-7-16-14/h4-5,8,16-17H,3,6-7,9-10H2,1-2H3. The predicted octanol–water partition coefficient (Wildman–Crippen LogP) is 1.18. The van der Waals surface area contributed by atoms with Gasteiger partial charge in [0.05, 0.1) is 17.0 Å². The Morgan fingerprint density at radius 1 is 1.48 bits per heavy atom. The van der Waals surface area contributed by atoms with Gasteiger partial charge in [-0.1, -0.05) is 0 Å². The number of halogens is 1. The summed E-state index contributed by atoms with van der Waals surface area (Å²) in [6, 6.07) is 3.66.